The molecule has 2 N–H and O–H groups in total. The van der Waals surface area contributed by atoms with E-state index < -0.39 is 10.0 Å². The van der Waals surface area contributed by atoms with Crippen LogP contribution in [-0.4, -0.2) is 18.6 Å². The molecule has 0 unspecified atom stereocenters. The lowest BCUT2D eigenvalue weighted by molar-refractivity contribution is 0.601. The predicted molar refractivity (Wildman–Crippen MR) is 103 cm³/mol. The number of benzene rings is 1. The minimum atomic E-state index is -3.77. The van der Waals surface area contributed by atoms with Gasteiger partial charge in [0.15, 0.2) is 0 Å². The Balaban J connectivity index is 2.10. The Morgan fingerprint density at radius 1 is 1.12 bits per heavy atom. The van der Waals surface area contributed by atoms with E-state index in [2.05, 4.69) is 14.9 Å². The zero-order chi connectivity index (χ0) is 18.4. The third-order valence-corrected chi connectivity index (χ3v) is 6.97. The van der Waals surface area contributed by atoms with E-state index in [0.29, 0.717) is 22.0 Å². The number of halogens is 1. The van der Waals surface area contributed by atoms with Crippen LogP contribution in [0.25, 0.3) is 11.3 Å². The number of rotatable bonds is 4. The van der Waals surface area contributed by atoms with Gasteiger partial charge in [-0.15, -0.1) is 11.3 Å². The van der Waals surface area contributed by atoms with E-state index in [4.69, 9.17) is 11.6 Å². The van der Waals surface area contributed by atoms with Crippen molar-refractivity contribution in [2.75, 3.05) is 4.72 Å². The van der Waals surface area contributed by atoms with Crippen molar-refractivity contribution in [1.82, 2.24) is 10.2 Å². The number of anilines is 1. The quantitative estimate of drug-likeness (QED) is 0.664. The maximum absolute atomic E-state index is 13.0. The Morgan fingerprint density at radius 3 is 2.44 bits per heavy atom. The molecule has 0 amide bonds. The van der Waals surface area contributed by atoms with Gasteiger partial charge in [-0.3, -0.25) is 9.82 Å². The van der Waals surface area contributed by atoms with Gasteiger partial charge in [0.1, 0.15) is 4.90 Å². The van der Waals surface area contributed by atoms with Gasteiger partial charge in [-0.1, -0.05) is 17.7 Å². The number of sulfonamides is 1. The van der Waals surface area contributed by atoms with Crippen LogP contribution in [0.3, 0.4) is 0 Å². The van der Waals surface area contributed by atoms with E-state index in [1.54, 1.807) is 25.1 Å². The Kier molecular flexibility index (Phi) is 4.66. The first-order valence-corrected chi connectivity index (χ1v) is 10.3. The van der Waals surface area contributed by atoms with Gasteiger partial charge in [-0.25, -0.2) is 8.42 Å². The summed E-state index contributed by atoms with van der Waals surface area (Å²) in [6.07, 6.45) is 0. The van der Waals surface area contributed by atoms with Crippen molar-refractivity contribution >= 4 is 38.6 Å². The van der Waals surface area contributed by atoms with Crippen LogP contribution >= 0.6 is 22.9 Å². The Bertz CT molecular complexity index is 1050. The molecule has 0 saturated heterocycles. The van der Waals surface area contributed by atoms with Gasteiger partial charge in [0.25, 0.3) is 10.0 Å². The van der Waals surface area contributed by atoms with Gasteiger partial charge in [-0.2, -0.15) is 5.10 Å². The molecule has 8 heteroatoms. The molecule has 0 spiro atoms. The van der Waals surface area contributed by atoms with Crippen molar-refractivity contribution in [2.24, 2.45) is 0 Å². The number of hydrogen-bond acceptors (Lipinski definition) is 4. The first-order valence-electron chi connectivity index (χ1n) is 7.60. The highest BCUT2D eigenvalue weighted by Gasteiger charge is 2.27. The van der Waals surface area contributed by atoms with Crippen LogP contribution in [0.5, 0.6) is 0 Å². The van der Waals surface area contributed by atoms with Gasteiger partial charge in [-0.05, 0) is 51.5 Å². The molecule has 3 rings (SSSR count). The van der Waals surface area contributed by atoms with Crippen LogP contribution in [0.2, 0.25) is 5.02 Å². The first-order chi connectivity index (χ1) is 11.7. The molecule has 0 aliphatic carbocycles. The number of nitrogens with one attached hydrogen (secondary N) is 2. The lowest BCUT2D eigenvalue weighted by Crippen LogP contribution is -2.14. The number of nitrogens with zero attached hydrogens (tertiary/aromatic N) is 1. The van der Waals surface area contributed by atoms with Gasteiger partial charge < -0.3 is 0 Å². The van der Waals surface area contributed by atoms with E-state index in [-0.39, 0.29) is 4.90 Å². The summed E-state index contributed by atoms with van der Waals surface area (Å²) in [5.74, 6) is 0. The van der Waals surface area contributed by atoms with Gasteiger partial charge >= 0.3 is 0 Å². The van der Waals surface area contributed by atoms with Crippen LogP contribution in [0.1, 0.15) is 21.0 Å². The summed E-state index contributed by atoms with van der Waals surface area (Å²) in [5, 5.41) is 7.62. The molecule has 25 heavy (non-hydrogen) atoms. The minimum absolute atomic E-state index is 0.262. The van der Waals surface area contributed by atoms with E-state index in [9.17, 15) is 8.42 Å². The van der Waals surface area contributed by atoms with E-state index >= 15 is 0 Å². The summed E-state index contributed by atoms with van der Waals surface area (Å²) in [4.78, 5) is 1.89. The topological polar surface area (TPSA) is 74.8 Å². The van der Waals surface area contributed by atoms with Crippen molar-refractivity contribution < 1.29 is 8.42 Å². The van der Waals surface area contributed by atoms with E-state index in [1.165, 1.54) is 11.3 Å². The molecule has 0 bridgehead atoms. The highest BCUT2D eigenvalue weighted by atomic mass is 35.5. The van der Waals surface area contributed by atoms with E-state index in [1.807, 2.05) is 26.8 Å². The van der Waals surface area contributed by atoms with Crippen molar-refractivity contribution in [2.45, 2.75) is 32.6 Å². The summed E-state index contributed by atoms with van der Waals surface area (Å²) < 4.78 is 28.7. The first kappa shape index (κ1) is 18.0. The van der Waals surface area contributed by atoms with Crippen molar-refractivity contribution in [3.8, 4) is 11.3 Å². The number of aryl methyl sites for hydroxylation is 4. The normalized spacial score (nSPS) is 11.7. The number of aromatic nitrogens is 2. The van der Waals surface area contributed by atoms with Crippen LogP contribution in [-0.2, 0) is 10.0 Å². The second-order valence-corrected chi connectivity index (χ2v) is 9.38. The zero-order valence-corrected chi connectivity index (χ0v) is 16.7. The second-order valence-electron chi connectivity index (χ2n) is 5.92. The van der Waals surface area contributed by atoms with Crippen molar-refractivity contribution in [3.05, 3.63) is 50.3 Å². The van der Waals surface area contributed by atoms with Crippen LogP contribution < -0.4 is 4.72 Å². The molecule has 3 aromatic rings. The number of aromatic amines is 1. The number of hydrogen-bond donors (Lipinski definition) is 2. The molecule has 132 valence electrons. The molecule has 0 aliphatic rings. The third kappa shape index (κ3) is 3.44. The molecule has 2 heterocycles. The standard InChI is InChI=1S/C17H18ClN3O2S2/c1-9-5-6-13(8-14(9)18)21-25(22,23)17-12(4)24-11(3)16(17)15-7-10(2)19-20-15/h5-8,21H,1-4H3,(H,19,20). The minimum Gasteiger partial charge on any atom is -0.282 e. The maximum atomic E-state index is 13.0. The highest BCUT2D eigenvalue weighted by molar-refractivity contribution is 7.93. The molecule has 0 saturated carbocycles. The summed E-state index contributed by atoms with van der Waals surface area (Å²) in [7, 11) is -3.77. The van der Waals surface area contributed by atoms with Crippen LogP contribution in [0.15, 0.2) is 29.2 Å². The Labute approximate surface area is 156 Å². The summed E-state index contributed by atoms with van der Waals surface area (Å²) in [5.41, 5.74) is 3.46. The number of H-pyrrole nitrogens is 1. The third-order valence-electron chi connectivity index (χ3n) is 3.86. The molecule has 0 radical (unpaired) electrons. The molecular formula is C17H18ClN3O2S2. The van der Waals surface area contributed by atoms with Crippen molar-refractivity contribution in [1.29, 1.82) is 0 Å². The molecule has 5 nitrogen and oxygen atoms in total. The van der Waals surface area contributed by atoms with Crippen LogP contribution in [0, 0.1) is 27.7 Å². The lowest BCUT2D eigenvalue weighted by atomic mass is 10.2. The fourth-order valence-corrected chi connectivity index (χ4v) is 5.80. The van der Waals surface area contributed by atoms with Gasteiger partial charge in [0.05, 0.1) is 11.4 Å². The van der Waals surface area contributed by atoms with Gasteiger partial charge in [0, 0.05) is 26.0 Å². The fraction of sp³-hybridized carbons (Fsp3) is 0.235. The monoisotopic (exact) mass is 395 g/mol. The molecule has 0 atom stereocenters. The molecule has 0 fully saturated rings. The number of thiophene rings is 1. The van der Waals surface area contributed by atoms with Crippen LogP contribution in [0.4, 0.5) is 5.69 Å². The SMILES string of the molecule is Cc1cc(-c2c(C)sc(C)c2S(=O)(=O)Nc2ccc(C)c(Cl)c2)n[nH]1. The summed E-state index contributed by atoms with van der Waals surface area (Å²) >= 11 is 7.55. The average molecular weight is 396 g/mol. The van der Waals surface area contributed by atoms with E-state index in [0.717, 1.165) is 21.0 Å². The smallest absolute Gasteiger partial charge is 0.263 e. The molecular weight excluding hydrogens is 378 g/mol. The zero-order valence-electron chi connectivity index (χ0n) is 14.3. The fourth-order valence-electron chi connectivity index (χ4n) is 2.69. The maximum Gasteiger partial charge on any atom is 0.263 e. The Hall–Kier alpha value is -1.83. The largest absolute Gasteiger partial charge is 0.282 e. The lowest BCUT2D eigenvalue weighted by Gasteiger charge is -2.11. The molecule has 2 aromatic heterocycles. The Morgan fingerprint density at radius 2 is 1.84 bits per heavy atom. The van der Waals surface area contributed by atoms with Crippen molar-refractivity contribution in [3.63, 3.8) is 0 Å². The van der Waals surface area contributed by atoms with Gasteiger partial charge in [0.2, 0.25) is 0 Å². The summed E-state index contributed by atoms with van der Waals surface area (Å²) in [6.45, 7) is 7.45. The highest BCUT2D eigenvalue weighted by Crippen LogP contribution is 2.39. The predicted octanol–water partition coefficient (Wildman–Crippen LogP) is 4.83. The second kappa shape index (κ2) is 6.48. The molecule has 0 aliphatic heterocycles. The molecule has 1 aromatic carbocycles. The average Bonchev–Trinajstić information content (AvgIpc) is 3.05. The summed E-state index contributed by atoms with van der Waals surface area (Å²) in [6, 6.07) is 6.94.